The molecule has 0 atom stereocenters. The predicted molar refractivity (Wildman–Crippen MR) is 113 cm³/mol. The molecule has 3 rings (SSSR count). The van der Waals surface area contributed by atoms with Crippen LogP contribution < -0.4 is 15.1 Å². The van der Waals surface area contributed by atoms with E-state index in [0.717, 1.165) is 32.7 Å². The maximum Gasteiger partial charge on any atom is 0.339 e. The van der Waals surface area contributed by atoms with E-state index in [1.165, 1.54) is 22.5 Å². The van der Waals surface area contributed by atoms with Crippen molar-refractivity contribution < 1.29 is 24.1 Å². The number of carbonyl (C=O) groups excluding carboxylic acids is 2. The number of quaternary nitrogens is 2. The molecule has 6 nitrogen and oxygen atoms in total. The Morgan fingerprint density at radius 2 is 1.62 bits per heavy atom. The van der Waals surface area contributed by atoms with Gasteiger partial charge in [0.2, 0.25) is 0 Å². The van der Waals surface area contributed by atoms with Gasteiger partial charge in [0.1, 0.15) is 26.2 Å². The number of hydrogen-bond acceptors (Lipinski definition) is 3. The molecule has 1 fully saturated rings. The Morgan fingerprint density at radius 3 is 2.34 bits per heavy atom. The fourth-order valence-electron chi connectivity index (χ4n) is 3.57. The van der Waals surface area contributed by atoms with Gasteiger partial charge in [-0.2, -0.15) is 0 Å². The minimum atomic E-state index is -0.450. The van der Waals surface area contributed by atoms with Gasteiger partial charge in [-0.05, 0) is 23.8 Å². The van der Waals surface area contributed by atoms with Crippen LogP contribution in [0.2, 0.25) is 0 Å². The second-order valence-corrected chi connectivity index (χ2v) is 7.28. The molecule has 1 aliphatic heterocycles. The summed E-state index contributed by atoms with van der Waals surface area (Å²) in [6, 6.07) is 17.2. The fourth-order valence-corrected chi connectivity index (χ4v) is 3.57. The van der Waals surface area contributed by atoms with Crippen LogP contribution in [0.3, 0.4) is 0 Å². The molecule has 0 bridgehead atoms. The average Bonchev–Trinajstić information content (AvgIpc) is 2.75. The maximum absolute atomic E-state index is 12.5. The largest absolute Gasteiger partial charge is 0.465 e. The van der Waals surface area contributed by atoms with Crippen LogP contribution in [0.25, 0.3) is 6.08 Å². The first-order chi connectivity index (χ1) is 14.2. The van der Waals surface area contributed by atoms with Crippen LogP contribution in [0.15, 0.2) is 60.7 Å². The van der Waals surface area contributed by atoms with Crippen molar-refractivity contribution in [3.63, 3.8) is 0 Å². The molecule has 0 spiro atoms. The summed E-state index contributed by atoms with van der Waals surface area (Å²) in [4.78, 5) is 27.1. The van der Waals surface area contributed by atoms with E-state index in [-0.39, 0.29) is 5.91 Å². The highest BCUT2D eigenvalue weighted by Crippen LogP contribution is 2.15. The predicted octanol–water partition coefficient (Wildman–Crippen LogP) is -0.0915. The van der Waals surface area contributed by atoms with Crippen LogP contribution in [0.5, 0.6) is 0 Å². The number of carbonyl (C=O) groups is 2. The first-order valence-electron chi connectivity index (χ1n) is 10.0. The van der Waals surface area contributed by atoms with E-state index < -0.39 is 5.97 Å². The Balaban J connectivity index is 1.43. The Hall–Kier alpha value is -2.96. The van der Waals surface area contributed by atoms with E-state index in [0.29, 0.717) is 17.8 Å². The number of hydrogen-bond donors (Lipinski definition) is 3. The Kier molecular flexibility index (Phi) is 7.55. The van der Waals surface area contributed by atoms with E-state index in [9.17, 15) is 9.59 Å². The van der Waals surface area contributed by atoms with Crippen molar-refractivity contribution in [3.05, 3.63) is 71.8 Å². The SMILES string of the molecule is COC(=O)c1ccccc1NC(=O)C[NH+]1CC[NH+](C/C=C/c2ccccc2)CC1. The molecule has 0 aliphatic carbocycles. The van der Waals surface area contributed by atoms with Crippen LogP contribution in [0, 0.1) is 0 Å². The molecule has 2 aromatic rings. The molecule has 1 amide bonds. The van der Waals surface area contributed by atoms with E-state index in [1.54, 1.807) is 24.3 Å². The van der Waals surface area contributed by atoms with E-state index in [2.05, 4.69) is 29.6 Å². The van der Waals surface area contributed by atoms with Gasteiger partial charge in [-0.1, -0.05) is 48.5 Å². The highest BCUT2D eigenvalue weighted by molar-refractivity contribution is 6.01. The van der Waals surface area contributed by atoms with E-state index in [1.807, 2.05) is 18.2 Å². The summed E-state index contributed by atoms with van der Waals surface area (Å²) in [6.07, 6.45) is 4.39. The molecule has 1 aliphatic rings. The number of para-hydroxylation sites is 1. The van der Waals surface area contributed by atoms with E-state index >= 15 is 0 Å². The van der Waals surface area contributed by atoms with Crippen molar-refractivity contribution in [2.45, 2.75) is 0 Å². The molecule has 29 heavy (non-hydrogen) atoms. The minimum absolute atomic E-state index is 0.0798. The number of rotatable bonds is 7. The smallest absolute Gasteiger partial charge is 0.339 e. The van der Waals surface area contributed by atoms with Gasteiger partial charge in [0.25, 0.3) is 5.91 Å². The number of benzene rings is 2. The van der Waals surface area contributed by atoms with Crippen LogP contribution in [-0.2, 0) is 9.53 Å². The van der Waals surface area contributed by atoms with Gasteiger partial charge in [-0.25, -0.2) is 4.79 Å². The van der Waals surface area contributed by atoms with Gasteiger partial charge in [0, 0.05) is 0 Å². The van der Waals surface area contributed by atoms with Crippen molar-refractivity contribution in [1.29, 1.82) is 0 Å². The van der Waals surface area contributed by atoms with Crippen LogP contribution in [-0.4, -0.2) is 58.3 Å². The van der Waals surface area contributed by atoms with Crippen LogP contribution in [0.1, 0.15) is 15.9 Å². The summed E-state index contributed by atoms with van der Waals surface area (Å²) in [5, 5.41) is 2.86. The summed E-state index contributed by atoms with van der Waals surface area (Å²) in [6.45, 7) is 5.41. The summed E-state index contributed by atoms with van der Waals surface area (Å²) < 4.78 is 4.78. The summed E-state index contributed by atoms with van der Waals surface area (Å²) in [5.74, 6) is -0.530. The third-order valence-electron chi connectivity index (χ3n) is 5.20. The van der Waals surface area contributed by atoms with Gasteiger partial charge in [-0.3, -0.25) is 4.79 Å². The van der Waals surface area contributed by atoms with Crippen molar-refractivity contribution >= 4 is 23.6 Å². The number of amides is 1. The normalized spacial score (nSPS) is 19.1. The zero-order valence-corrected chi connectivity index (χ0v) is 16.8. The number of ether oxygens (including phenoxy) is 1. The first-order valence-corrected chi connectivity index (χ1v) is 10.0. The van der Waals surface area contributed by atoms with Crippen LogP contribution >= 0.6 is 0 Å². The zero-order valence-electron chi connectivity index (χ0n) is 16.8. The number of anilines is 1. The molecular formula is C23H29N3O3+2. The molecule has 152 valence electrons. The van der Waals surface area contributed by atoms with Crippen molar-refractivity contribution in [1.82, 2.24) is 0 Å². The highest BCUT2D eigenvalue weighted by atomic mass is 16.5. The zero-order chi connectivity index (χ0) is 20.5. The van der Waals surface area contributed by atoms with Crippen molar-refractivity contribution in [2.24, 2.45) is 0 Å². The Labute approximate surface area is 171 Å². The molecule has 0 unspecified atom stereocenters. The Morgan fingerprint density at radius 1 is 0.966 bits per heavy atom. The lowest BCUT2D eigenvalue weighted by Gasteiger charge is -2.28. The van der Waals surface area contributed by atoms with E-state index in [4.69, 9.17) is 4.74 Å². The standard InChI is InChI=1S/C23H27N3O3/c1-29-23(28)20-11-5-6-12-21(20)24-22(27)18-26-16-14-25(15-17-26)13-7-10-19-8-3-2-4-9-19/h2-12H,13-18H2,1H3,(H,24,27)/p+2/b10-7+. The molecule has 0 aromatic heterocycles. The lowest BCUT2D eigenvalue weighted by Crippen LogP contribution is -3.28. The van der Waals surface area contributed by atoms with Crippen molar-refractivity contribution in [2.75, 3.05) is 51.7 Å². The van der Waals surface area contributed by atoms with Gasteiger partial charge < -0.3 is 19.9 Å². The first kappa shape index (κ1) is 20.8. The topological polar surface area (TPSA) is 64.3 Å². The number of esters is 1. The third kappa shape index (κ3) is 6.27. The fraction of sp³-hybridized carbons (Fsp3) is 0.304. The molecule has 1 saturated heterocycles. The number of nitrogens with one attached hydrogen (secondary N) is 3. The second-order valence-electron chi connectivity index (χ2n) is 7.28. The molecule has 3 N–H and O–H groups in total. The summed E-state index contributed by atoms with van der Waals surface area (Å²) in [5.41, 5.74) is 2.09. The maximum atomic E-state index is 12.5. The number of methoxy groups -OCH3 is 1. The highest BCUT2D eigenvalue weighted by Gasteiger charge is 2.24. The second kappa shape index (κ2) is 10.5. The molecule has 2 aromatic carbocycles. The molecule has 6 heteroatoms. The summed E-state index contributed by atoms with van der Waals surface area (Å²) in [7, 11) is 1.34. The lowest BCUT2D eigenvalue weighted by molar-refractivity contribution is -1.01. The summed E-state index contributed by atoms with van der Waals surface area (Å²) >= 11 is 0. The molecular weight excluding hydrogens is 366 g/mol. The van der Waals surface area contributed by atoms with Gasteiger partial charge in [0.05, 0.1) is 24.9 Å². The lowest BCUT2D eigenvalue weighted by atomic mass is 10.2. The molecule has 0 radical (unpaired) electrons. The quantitative estimate of drug-likeness (QED) is 0.574. The minimum Gasteiger partial charge on any atom is -0.465 e. The monoisotopic (exact) mass is 395 g/mol. The molecule has 0 saturated carbocycles. The van der Waals surface area contributed by atoms with Gasteiger partial charge in [-0.15, -0.1) is 0 Å². The third-order valence-corrected chi connectivity index (χ3v) is 5.20. The average molecular weight is 396 g/mol. The van der Waals surface area contributed by atoms with Crippen LogP contribution in [0.4, 0.5) is 5.69 Å². The number of piperazine rings is 1. The van der Waals surface area contributed by atoms with Crippen molar-refractivity contribution in [3.8, 4) is 0 Å². The molecule has 1 heterocycles. The van der Waals surface area contributed by atoms with Gasteiger partial charge in [0.15, 0.2) is 6.54 Å². The van der Waals surface area contributed by atoms with Gasteiger partial charge >= 0.3 is 5.97 Å². The Bertz CT molecular complexity index is 843.